The van der Waals surface area contributed by atoms with Crippen molar-refractivity contribution in [1.82, 2.24) is 14.5 Å². The fourth-order valence-electron chi connectivity index (χ4n) is 1.91. The number of rotatable bonds is 5. The molecule has 2 rings (SSSR count). The quantitative estimate of drug-likeness (QED) is 0.857. The summed E-state index contributed by atoms with van der Waals surface area (Å²) < 4.78 is 28.4. The Hall–Kier alpha value is -1.90. The Morgan fingerprint density at radius 1 is 1.35 bits per heavy atom. The molecule has 1 aromatic heterocycles. The maximum atomic E-state index is 12.3. The lowest BCUT2D eigenvalue weighted by Gasteiger charge is -2.11. The summed E-state index contributed by atoms with van der Waals surface area (Å²) in [7, 11) is -1.99. The van der Waals surface area contributed by atoms with Gasteiger partial charge in [0.15, 0.2) is 0 Å². The molecule has 0 radical (unpaired) electrons. The number of aromatic nitrogens is 2. The fourth-order valence-corrected chi connectivity index (χ4v) is 3.39. The molecule has 0 aliphatic carbocycles. The third-order valence-corrected chi connectivity index (χ3v) is 4.83. The Bertz CT molecular complexity index is 830. The van der Waals surface area contributed by atoms with Crippen LogP contribution in [0.5, 0.6) is 0 Å². The van der Waals surface area contributed by atoms with Crippen LogP contribution in [0.15, 0.2) is 35.5 Å². The summed E-state index contributed by atoms with van der Waals surface area (Å²) >= 11 is 6.02. The monoisotopic (exact) mass is 356 g/mol. The molecule has 124 valence electrons. The van der Waals surface area contributed by atoms with Crippen LogP contribution in [0.4, 0.5) is 5.69 Å². The first-order valence-corrected chi connectivity index (χ1v) is 8.67. The minimum absolute atomic E-state index is 0.0214. The van der Waals surface area contributed by atoms with Crippen LogP contribution < -0.4 is 10.0 Å². The Morgan fingerprint density at radius 2 is 2.04 bits per heavy atom. The van der Waals surface area contributed by atoms with Crippen LogP contribution in [0.1, 0.15) is 24.2 Å². The van der Waals surface area contributed by atoms with Crippen molar-refractivity contribution >= 4 is 33.2 Å². The first kappa shape index (κ1) is 17.5. The molecule has 0 bridgehead atoms. The van der Waals surface area contributed by atoms with Crippen molar-refractivity contribution < 1.29 is 13.2 Å². The predicted molar refractivity (Wildman–Crippen MR) is 88.1 cm³/mol. The SMILES string of the molecule is CC(C)NS(=O)(=O)c1ccc(Cl)c(C(=O)Nc2cnn(C)c2)c1. The topological polar surface area (TPSA) is 93.1 Å². The lowest BCUT2D eigenvalue weighted by molar-refractivity contribution is 0.102. The number of carbonyl (C=O) groups excluding carboxylic acids is 1. The zero-order chi connectivity index (χ0) is 17.2. The lowest BCUT2D eigenvalue weighted by atomic mass is 10.2. The molecule has 0 atom stereocenters. The van der Waals surface area contributed by atoms with Gasteiger partial charge in [0.2, 0.25) is 10.0 Å². The van der Waals surface area contributed by atoms with Crippen LogP contribution in [0.25, 0.3) is 0 Å². The molecule has 2 N–H and O–H groups in total. The summed E-state index contributed by atoms with van der Waals surface area (Å²) in [6.07, 6.45) is 3.10. The van der Waals surface area contributed by atoms with E-state index in [-0.39, 0.29) is 21.5 Å². The second-order valence-electron chi connectivity index (χ2n) is 5.27. The highest BCUT2D eigenvalue weighted by Gasteiger charge is 2.19. The number of sulfonamides is 1. The highest BCUT2D eigenvalue weighted by molar-refractivity contribution is 7.89. The number of aryl methyl sites for hydroxylation is 1. The molecule has 7 nitrogen and oxygen atoms in total. The van der Waals surface area contributed by atoms with Crippen LogP contribution in [-0.4, -0.2) is 30.1 Å². The first-order chi connectivity index (χ1) is 10.7. The van der Waals surface area contributed by atoms with Crippen molar-refractivity contribution in [2.75, 3.05) is 5.32 Å². The molecule has 0 fully saturated rings. The third kappa shape index (κ3) is 4.31. The number of benzene rings is 1. The van der Waals surface area contributed by atoms with Crippen LogP contribution >= 0.6 is 11.6 Å². The zero-order valence-corrected chi connectivity index (χ0v) is 14.4. The molecule has 0 unspecified atom stereocenters. The van der Waals surface area contributed by atoms with Gasteiger partial charge < -0.3 is 5.32 Å². The van der Waals surface area contributed by atoms with Crippen LogP contribution in [0.2, 0.25) is 5.02 Å². The molecule has 0 saturated heterocycles. The van der Waals surface area contributed by atoms with Gasteiger partial charge in [0.25, 0.3) is 5.91 Å². The number of hydrogen-bond donors (Lipinski definition) is 2. The van der Waals surface area contributed by atoms with Crippen LogP contribution in [-0.2, 0) is 17.1 Å². The number of amides is 1. The van der Waals surface area contributed by atoms with E-state index in [4.69, 9.17) is 11.6 Å². The van der Waals surface area contributed by atoms with Crippen LogP contribution in [0.3, 0.4) is 0 Å². The Labute approximate surface area is 139 Å². The average molecular weight is 357 g/mol. The molecule has 0 saturated carbocycles. The van der Waals surface area contributed by atoms with E-state index in [1.807, 2.05) is 0 Å². The van der Waals surface area contributed by atoms with Crippen molar-refractivity contribution in [2.45, 2.75) is 24.8 Å². The van der Waals surface area contributed by atoms with Gasteiger partial charge in [0.05, 0.1) is 27.4 Å². The third-order valence-electron chi connectivity index (χ3n) is 2.85. The molecule has 1 heterocycles. The largest absolute Gasteiger partial charge is 0.319 e. The smallest absolute Gasteiger partial charge is 0.257 e. The van der Waals surface area contributed by atoms with E-state index in [1.54, 1.807) is 27.1 Å². The molecular weight excluding hydrogens is 340 g/mol. The van der Waals surface area contributed by atoms with Gasteiger partial charge in [-0.15, -0.1) is 0 Å². The maximum Gasteiger partial charge on any atom is 0.257 e. The van der Waals surface area contributed by atoms with Crippen molar-refractivity contribution in [3.8, 4) is 0 Å². The average Bonchev–Trinajstić information content (AvgIpc) is 2.82. The van der Waals surface area contributed by atoms with Gasteiger partial charge in [-0.25, -0.2) is 13.1 Å². The van der Waals surface area contributed by atoms with Gasteiger partial charge in [0.1, 0.15) is 0 Å². The molecule has 0 aliphatic rings. The van der Waals surface area contributed by atoms with E-state index < -0.39 is 15.9 Å². The van der Waals surface area contributed by atoms with Gasteiger partial charge in [-0.1, -0.05) is 11.6 Å². The molecule has 0 spiro atoms. The minimum atomic E-state index is -3.71. The van der Waals surface area contributed by atoms with E-state index >= 15 is 0 Å². The number of halogens is 1. The number of anilines is 1. The summed E-state index contributed by atoms with van der Waals surface area (Å²) in [5.74, 6) is -0.510. The molecular formula is C14H17ClN4O3S. The number of hydrogen-bond acceptors (Lipinski definition) is 4. The van der Waals surface area contributed by atoms with Gasteiger partial charge >= 0.3 is 0 Å². The first-order valence-electron chi connectivity index (χ1n) is 6.81. The van der Waals surface area contributed by atoms with Crippen molar-refractivity contribution in [3.05, 3.63) is 41.2 Å². The summed E-state index contributed by atoms with van der Waals surface area (Å²) in [5, 5.41) is 6.72. The zero-order valence-electron chi connectivity index (χ0n) is 12.9. The molecule has 9 heteroatoms. The van der Waals surface area contributed by atoms with E-state index in [9.17, 15) is 13.2 Å². The summed E-state index contributed by atoms with van der Waals surface area (Å²) in [4.78, 5) is 12.3. The highest BCUT2D eigenvalue weighted by Crippen LogP contribution is 2.22. The van der Waals surface area contributed by atoms with E-state index in [0.717, 1.165) is 0 Å². The van der Waals surface area contributed by atoms with Crippen molar-refractivity contribution in [3.63, 3.8) is 0 Å². The molecule has 2 aromatic rings. The predicted octanol–water partition coefficient (Wildman–Crippen LogP) is 2.01. The Balaban J connectivity index is 2.32. The molecule has 23 heavy (non-hydrogen) atoms. The number of nitrogens with zero attached hydrogens (tertiary/aromatic N) is 2. The lowest BCUT2D eigenvalue weighted by Crippen LogP contribution is -2.30. The van der Waals surface area contributed by atoms with Gasteiger partial charge in [-0.2, -0.15) is 5.10 Å². The Morgan fingerprint density at radius 3 is 2.61 bits per heavy atom. The summed E-state index contributed by atoms with van der Waals surface area (Å²) in [6.45, 7) is 3.42. The van der Waals surface area contributed by atoms with E-state index in [1.165, 1.54) is 29.1 Å². The summed E-state index contributed by atoms with van der Waals surface area (Å²) in [5.41, 5.74) is 0.560. The normalized spacial score (nSPS) is 11.7. The van der Waals surface area contributed by atoms with Crippen molar-refractivity contribution in [1.29, 1.82) is 0 Å². The second-order valence-corrected chi connectivity index (χ2v) is 7.40. The van der Waals surface area contributed by atoms with Crippen LogP contribution in [0, 0.1) is 0 Å². The second kappa shape index (κ2) is 6.69. The fraction of sp³-hybridized carbons (Fsp3) is 0.286. The minimum Gasteiger partial charge on any atom is -0.319 e. The van der Waals surface area contributed by atoms with Crippen molar-refractivity contribution in [2.24, 2.45) is 7.05 Å². The highest BCUT2D eigenvalue weighted by atomic mass is 35.5. The maximum absolute atomic E-state index is 12.3. The standard InChI is InChI=1S/C14H17ClN4O3S/c1-9(2)18-23(21,22)11-4-5-13(15)12(6-11)14(20)17-10-7-16-19(3)8-10/h4-9,18H,1-3H3,(H,17,20). The molecule has 1 aromatic carbocycles. The molecule has 0 aliphatic heterocycles. The summed E-state index contributed by atoms with van der Waals surface area (Å²) in [6, 6.07) is 3.73. The Kier molecular flexibility index (Phi) is 5.08. The molecule has 1 amide bonds. The van der Waals surface area contributed by atoms with E-state index in [2.05, 4.69) is 15.1 Å². The van der Waals surface area contributed by atoms with E-state index in [0.29, 0.717) is 5.69 Å². The number of carbonyl (C=O) groups is 1. The van der Waals surface area contributed by atoms with Gasteiger partial charge in [-0.3, -0.25) is 9.48 Å². The van der Waals surface area contributed by atoms with Gasteiger partial charge in [-0.05, 0) is 32.0 Å². The number of nitrogens with one attached hydrogen (secondary N) is 2. The van der Waals surface area contributed by atoms with Gasteiger partial charge in [0, 0.05) is 19.3 Å².